The van der Waals surface area contributed by atoms with Gasteiger partial charge in [-0.1, -0.05) is 6.07 Å². The second kappa shape index (κ2) is 6.00. The lowest BCUT2D eigenvalue weighted by Gasteiger charge is -2.20. The highest BCUT2D eigenvalue weighted by atomic mass is 16.5. The molecule has 0 unspecified atom stereocenters. The van der Waals surface area contributed by atoms with E-state index in [9.17, 15) is 9.59 Å². The Balaban J connectivity index is 1.91. The topological polar surface area (TPSA) is 75.0 Å². The van der Waals surface area contributed by atoms with Crippen molar-refractivity contribution in [3.05, 3.63) is 53.0 Å². The molecule has 23 heavy (non-hydrogen) atoms. The van der Waals surface area contributed by atoms with Gasteiger partial charge in [0.05, 0.1) is 19.8 Å². The molecule has 0 atom stereocenters. The number of benzene rings is 1. The maximum absolute atomic E-state index is 12.5. The summed E-state index contributed by atoms with van der Waals surface area (Å²) >= 11 is 0. The van der Waals surface area contributed by atoms with Crippen molar-refractivity contribution >= 4 is 17.8 Å². The average molecular weight is 314 g/mol. The molecule has 1 aromatic carbocycles. The molecule has 6 nitrogen and oxygen atoms in total. The first-order valence-electron chi connectivity index (χ1n) is 6.87. The number of para-hydroxylation sites is 1. The lowest BCUT2D eigenvalue weighted by Crippen LogP contribution is -2.19. The predicted molar refractivity (Wildman–Crippen MR) is 80.8 cm³/mol. The molecular weight excluding hydrogens is 300 g/mol. The molecule has 0 spiro atoms. The Bertz CT molecular complexity index is 799. The van der Waals surface area contributed by atoms with Crippen LogP contribution >= 0.6 is 0 Å². The minimum atomic E-state index is -0.573. The van der Waals surface area contributed by atoms with Crippen molar-refractivity contribution in [1.29, 1.82) is 0 Å². The largest absolute Gasteiger partial charge is 0.493 e. The van der Waals surface area contributed by atoms with Crippen LogP contribution < -0.4 is 9.47 Å². The summed E-state index contributed by atoms with van der Waals surface area (Å²) in [6, 6.07) is 8.21. The Hall–Kier alpha value is -3.02. The molecule has 0 amide bonds. The first kappa shape index (κ1) is 14.9. The first-order valence-corrected chi connectivity index (χ1v) is 6.87. The van der Waals surface area contributed by atoms with Gasteiger partial charge < -0.3 is 18.6 Å². The van der Waals surface area contributed by atoms with Crippen LogP contribution in [0.2, 0.25) is 0 Å². The number of rotatable bonds is 3. The number of ether oxygens (including phenoxy) is 3. The van der Waals surface area contributed by atoms with Gasteiger partial charge in [-0.3, -0.25) is 4.79 Å². The van der Waals surface area contributed by atoms with E-state index in [1.54, 1.807) is 30.3 Å². The van der Waals surface area contributed by atoms with E-state index in [-0.39, 0.29) is 18.2 Å². The fourth-order valence-corrected chi connectivity index (χ4v) is 2.31. The Morgan fingerprint density at radius 3 is 2.78 bits per heavy atom. The molecule has 2 aromatic rings. The van der Waals surface area contributed by atoms with Crippen molar-refractivity contribution in [2.24, 2.45) is 0 Å². The number of esters is 1. The third kappa shape index (κ3) is 2.70. The standard InChI is InChI=1S/C17H14O6/c1-20-13-5-3-4-12-15(18)10(9-22-16(12)13)8-11-6-7-14(23-11)17(19)21-2/h3-8H,9H2,1-2H3. The number of fused-ring (bicyclic) bond motifs is 1. The Labute approximate surface area is 132 Å². The summed E-state index contributed by atoms with van der Waals surface area (Å²) < 4.78 is 20.7. The van der Waals surface area contributed by atoms with Crippen LogP contribution in [-0.2, 0) is 4.74 Å². The number of furan rings is 1. The number of carbonyl (C=O) groups is 2. The highest BCUT2D eigenvalue weighted by Gasteiger charge is 2.26. The van der Waals surface area contributed by atoms with Crippen molar-refractivity contribution in [2.45, 2.75) is 0 Å². The van der Waals surface area contributed by atoms with Crippen LogP contribution in [0.15, 0.2) is 40.3 Å². The van der Waals surface area contributed by atoms with Crippen molar-refractivity contribution < 1.29 is 28.2 Å². The summed E-state index contributed by atoms with van der Waals surface area (Å²) in [6.45, 7) is 0.0977. The van der Waals surface area contributed by atoms with E-state index in [4.69, 9.17) is 13.9 Å². The molecule has 0 saturated carbocycles. The molecule has 0 aliphatic carbocycles. The lowest BCUT2D eigenvalue weighted by atomic mass is 9.99. The van der Waals surface area contributed by atoms with Crippen LogP contribution in [0.5, 0.6) is 11.5 Å². The molecule has 1 aromatic heterocycles. The molecule has 3 rings (SSSR count). The van der Waals surface area contributed by atoms with Gasteiger partial charge in [0, 0.05) is 5.57 Å². The Morgan fingerprint density at radius 2 is 2.04 bits per heavy atom. The van der Waals surface area contributed by atoms with E-state index in [2.05, 4.69) is 4.74 Å². The van der Waals surface area contributed by atoms with Crippen LogP contribution in [0.3, 0.4) is 0 Å². The zero-order valence-corrected chi connectivity index (χ0v) is 12.6. The van der Waals surface area contributed by atoms with Gasteiger partial charge in [0.15, 0.2) is 17.3 Å². The highest BCUT2D eigenvalue weighted by Crippen LogP contribution is 2.36. The summed E-state index contributed by atoms with van der Waals surface area (Å²) in [7, 11) is 2.79. The third-order valence-electron chi connectivity index (χ3n) is 3.44. The molecule has 0 fully saturated rings. The number of carbonyl (C=O) groups excluding carboxylic acids is 2. The van der Waals surface area contributed by atoms with Crippen molar-refractivity contribution in [3.63, 3.8) is 0 Å². The normalized spacial score (nSPS) is 15.0. The zero-order valence-electron chi connectivity index (χ0n) is 12.6. The fourth-order valence-electron chi connectivity index (χ4n) is 2.31. The van der Waals surface area contributed by atoms with Crippen LogP contribution in [-0.4, -0.2) is 32.6 Å². The van der Waals surface area contributed by atoms with E-state index < -0.39 is 5.97 Å². The number of hydrogen-bond acceptors (Lipinski definition) is 6. The van der Waals surface area contributed by atoms with Crippen LogP contribution in [0.1, 0.15) is 26.7 Å². The third-order valence-corrected chi connectivity index (χ3v) is 3.44. The lowest BCUT2D eigenvalue weighted by molar-refractivity contribution is 0.0564. The number of ketones is 1. The molecule has 2 heterocycles. The van der Waals surface area contributed by atoms with Gasteiger partial charge in [-0.25, -0.2) is 4.79 Å². The molecule has 118 valence electrons. The van der Waals surface area contributed by atoms with Gasteiger partial charge >= 0.3 is 5.97 Å². The summed E-state index contributed by atoms with van der Waals surface area (Å²) in [6.07, 6.45) is 1.55. The van der Waals surface area contributed by atoms with Gasteiger partial charge in [-0.15, -0.1) is 0 Å². The van der Waals surface area contributed by atoms with Crippen molar-refractivity contribution in [1.82, 2.24) is 0 Å². The summed E-state index contributed by atoms with van der Waals surface area (Å²) in [4.78, 5) is 23.9. The SMILES string of the molecule is COC(=O)c1ccc(C=C2COc3c(OC)cccc3C2=O)o1. The second-order valence-electron chi connectivity index (χ2n) is 4.82. The van der Waals surface area contributed by atoms with E-state index >= 15 is 0 Å². The fraction of sp³-hybridized carbons (Fsp3) is 0.176. The zero-order chi connectivity index (χ0) is 16.4. The predicted octanol–water partition coefficient (Wildman–Crippen LogP) is 2.73. The molecule has 0 N–H and O–H groups in total. The summed E-state index contributed by atoms with van der Waals surface area (Å²) in [5.74, 6) is 0.666. The van der Waals surface area contributed by atoms with Crippen molar-refractivity contribution in [2.75, 3.05) is 20.8 Å². The minimum absolute atomic E-state index is 0.0746. The molecule has 6 heteroatoms. The average Bonchev–Trinajstić information content (AvgIpc) is 3.05. The maximum atomic E-state index is 12.5. The monoisotopic (exact) mass is 314 g/mol. The molecule has 0 radical (unpaired) electrons. The molecule has 0 saturated heterocycles. The van der Waals surface area contributed by atoms with Gasteiger partial charge in [0.25, 0.3) is 0 Å². The van der Waals surface area contributed by atoms with E-state index in [0.717, 1.165) is 0 Å². The van der Waals surface area contributed by atoms with Crippen LogP contribution in [0.4, 0.5) is 0 Å². The minimum Gasteiger partial charge on any atom is -0.493 e. The van der Waals surface area contributed by atoms with Gasteiger partial charge in [-0.05, 0) is 30.3 Å². The number of methoxy groups -OCH3 is 2. The number of hydrogen-bond donors (Lipinski definition) is 0. The summed E-state index contributed by atoms with van der Waals surface area (Å²) in [5.41, 5.74) is 0.859. The van der Waals surface area contributed by atoms with Crippen LogP contribution in [0.25, 0.3) is 6.08 Å². The number of Topliss-reactive ketones (excluding diaryl/α,β-unsaturated/α-hetero) is 1. The van der Waals surface area contributed by atoms with Gasteiger partial charge in [0.1, 0.15) is 12.4 Å². The quantitative estimate of drug-likeness (QED) is 0.640. The molecule has 1 aliphatic heterocycles. The van der Waals surface area contributed by atoms with Gasteiger partial charge in [0.2, 0.25) is 5.76 Å². The molecule has 0 bridgehead atoms. The molecular formula is C17H14O6. The Morgan fingerprint density at radius 1 is 1.22 bits per heavy atom. The highest BCUT2D eigenvalue weighted by molar-refractivity contribution is 6.14. The van der Waals surface area contributed by atoms with E-state index in [1.165, 1.54) is 20.3 Å². The van der Waals surface area contributed by atoms with E-state index in [0.29, 0.717) is 28.4 Å². The summed E-state index contributed by atoms with van der Waals surface area (Å²) in [5, 5.41) is 0. The Kier molecular flexibility index (Phi) is 3.89. The van der Waals surface area contributed by atoms with E-state index in [1.807, 2.05) is 0 Å². The maximum Gasteiger partial charge on any atom is 0.373 e. The smallest absolute Gasteiger partial charge is 0.373 e. The van der Waals surface area contributed by atoms with Gasteiger partial charge in [-0.2, -0.15) is 0 Å². The van der Waals surface area contributed by atoms with Crippen LogP contribution in [0, 0.1) is 0 Å². The molecule has 1 aliphatic rings. The first-order chi connectivity index (χ1) is 11.1. The second-order valence-corrected chi connectivity index (χ2v) is 4.82. The van der Waals surface area contributed by atoms with Crippen molar-refractivity contribution in [3.8, 4) is 11.5 Å².